The average Bonchev–Trinajstić information content (AvgIpc) is 2.88. The van der Waals surface area contributed by atoms with Gasteiger partial charge in [0.25, 0.3) is 0 Å². The molecular formula is C14H16N2O3. The number of anilines is 1. The van der Waals surface area contributed by atoms with Crippen molar-refractivity contribution in [2.45, 2.75) is 6.92 Å². The van der Waals surface area contributed by atoms with Crippen LogP contribution in [0, 0.1) is 0 Å². The highest BCUT2D eigenvalue weighted by molar-refractivity contribution is 5.93. The second-order valence-corrected chi connectivity index (χ2v) is 4.19. The molecule has 0 spiro atoms. The lowest BCUT2D eigenvalue weighted by Crippen LogP contribution is -2.08. The molecule has 2 aromatic rings. The number of benzene rings is 1. The maximum atomic E-state index is 11.7. The van der Waals surface area contributed by atoms with E-state index in [-0.39, 0.29) is 5.69 Å². The van der Waals surface area contributed by atoms with E-state index >= 15 is 0 Å². The van der Waals surface area contributed by atoms with E-state index in [0.29, 0.717) is 12.4 Å². The molecule has 0 amide bonds. The smallest absolute Gasteiger partial charge is 0.360 e. The quantitative estimate of drug-likeness (QED) is 0.791. The Morgan fingerprint density at radius 3 is 2.58 bits per heavy atom. The fourth-order valence-electron chi connectivity index (χ4n) is 1.71. The van der Waals surface area contributed by atoms with E-state index in [1.54, 1.807) is 6.92 Å². The van der Waals surface area contributed by atoms with Crippen molar-refractivity contribution in [2.75, 3.05) is 25.6 Å². The zero-order valence-corrected chi connectivity index (χ0v) is 11.2. The van der Waals surface area contributed by atoms with Crippen LogP contribution in [0.4, 0.5) is 5.69 Å². The van der Waals surface area contributed by atoms with E-state index in [4.69, 9.17) is 9.15 Å². The van der Waals surface area contributed by atoms with Crippen LogP contribution in [0.3, 0.4) is 0 Å². The molecule has 5 nitrogen and oxygen atoms in total. The van der Waals surface area contributed by atoms with Crippen molar-refractivity contribution in [2.24, 2.45) is 0 Å². The Bertz CT molecular complexity index is 558. The predicted molar refractivity (Wildman–Crippen MR) is 72.2 cm³/mol. The molecular weight excluding hydrogens is 244 g/mol. The first kappa shape index (κ1) is 13.1. The van der Waals surface area contributed by atoms with Gasteiger partial charge in [-0.05, 0) is 31.2 Å². The molecule has 1 aromatic heterocycles. The third-order valence-corrected chi connectivity index (χ3v) is 2.68. The van der Waals surface area contributed by atoms with Gasteiger partial charge in [-0.2, -0.15) is 0 Å². The van der Waals surface area contributed by atoms with E-state index in [1.807, 2.05) is 43.3 Å². The van der Waals surface area contributed by atoms with Crippen molar-refractivity contribution >= 4 is 11.7 Å². The minimum Gasteiger partial charge on any atom is -0.461 e. The molecule has 0 saturated carbocycles. The number of hydrogen-bond donors (Lipinski definition) is 0. The average molecular weight is 260 g/mol. The number of oxazole rings is 1. The van der Waals surface area contributed by atoms with Gasteiger partial charge in [0.15, 0.2) is 17.8 Å². The van der Waals surface area contributed by atoms with Gasteiger partial charge in [-0.15, -0.1) is 0 Å². The number of rotatable bonds is 4. The van der Waals surface area contributed by atoms with Crippen molar-refractivity contribution in [3.63, 3.8) is 0 Å². The molecule has 0 N–H and O–H groups in total. The lowest BCUT2D eigenvalue weighted by Gasteiger charge is -2.12. The molecule has 0 unspecified atom stereocenters. The molecule has 0 aliphatic carbocycles. The van der Waals surface area contributed by atoms with E-state index in [0.717, 1.165) is 11.3 Å². The first-order valence-electron chi connectivity index (χ1n) is 6.02. The maximum absolute atomic E-state index is 11.7. The third-order valence-electron chi connectivity index (χ3n) is 2.68. The van der Waals surface area contributed by atoms with Gasteiger partial charge in [0, 0.05) is 25.3 Å². The van der Waals surface area contributed by atoms with Crippen LogP contribution >= 0.6 is 0 Å². The highest BCUT2D eigenvalue weighted by Crippen LogP contribution is 2.25. The maximum Gasteiger partial charge on any atom is 0.360 e. The van der Waals surface area contributed by atoms with Crippen LogP contribution in [-0.2, 0) is 4.74 Å². The third kappa shape index (κ3) is 2.76. The van der Waals surface area contributed by atoms with Crippen molar-refractivity contribution in [3.8, 4) is 11.3 Å². The van der Waals surface area contributed by atoms with Crippen molar-refractivity contribution in [3.05, 3.63) is 36.4 Å². The molecule has 0 aliphatic rings. The normalized spacial score (nSPS) is 10.3. The first-order valence-corrected chi connectivity index (χ1v) is 6.02. The summed E-state index contributed by atoms with van der Waals surface area (Å²) in [5, 5.41) is 0. The fraction of sp³-hybridized carbons (Fsp3) is 0.286. The van der Waals surface area contributed by atoms with Gasteiger partial charge >= 0.3 is 5.97 Å². The molecule has 0 bridgehead atoms. The number of hydrogen-bond acceptors (Lipinski definition) is 5. The molecule has 0 aliphatic heterocycles. The summed E-state index contributed by atoms with van der Waals surface area (Å²) >= 11 is 0. The Kier molecular flexibility index (Phi) is 3.85. The zero-order valence-electron chi connectivity index (χ0n) is 11.2. The van der Waals surface area contributed by atoms with Gasteiger partial charge in [-0.25, -0.2) is 9.78 Å². The highest BCUT2D eigenvalue weighted by Gasteiger charge is 2.19. The summed E-state index contributed by atoms with van der Waals surface area (Å²) in [6.45, 7) is 2.06. The largest absolute Gasteiger partial charge is 0.461 e. The van der Waals surface area contributed by atoms with Crippen LogP contribution in [-0.4, -0.2) is 31.7 Å². The monoisotopic (exact) mass is 260 g/mol. The summed E-state index contributed by atoms with van der Waals surface area (Å²) in [5.41, 5.74) is 2.08. The van der Waals surface area contributed by atoms with Gasteiger partial charge in [0.1, 0.15) is 0 Å². The molecule has 100 valence electrons. The van der Waals surface area contributed by atoms with Gasteiger partial charge in [0.2, 0.25) is 0 Å². The number of aromatic nitrogens is 1. The standard InChI is InChI=1S/C14H16N2O3/c1-4-18-14(17)12-13(19-9-15-12)10-5-7-11(8-6-10)16(2)3/h5-9H,4H2,1-3H3. The van der Waals surface area contributed by atoms with Crippen LogP contribution in [0.5, 0.6) is 0 Å². The van der Waals surface area contributed by atoms with Crippen LogP contribution in [0.15, 0.2) is 35.1 Å². The number of nitrogens with zero attached hydrogens (tertiary/aromatic N) is 2. The lowest BCUT2D eigenvalue weighted by molar-refractivity contribution is 0.0520. The summed E-state index contributed by atoms with van der Waals surface area (Å²) in [5.74, 6) is -0.0355. The second kappa shape index (κ2) is 5.56. The summed E-state index contributed by atoms with van der Waals surface area (Å²) < 4.78 is 10.2. The Balaban J connectivity index is 2.32. The molecule has 1 heterocycles. The Morgan fingerprint density at radius 2 is 2.00 bits per heavy atom. The summed E-state index contributed by atoms with van der Waals surface area (Å²) in [6.07, 6.45) is 1.25. The number of carbonyl (C=O) groups excluding carboxylic acids is 1. The van der Waals surface area contributed by atoms with Crippen molar-refractivity contribution in [1.29, 1.82) is 0 Å². The lowest BCUT2D eigenvalue weighted by atomic mass is 10.1. The summed E-state index contributed by atoms with van der Waals surface area (Å²) in [4.78, 5) is 17.6. The topological polar surface area (TPSA) is 55.6 Å². The van der Waals surface area contributed by atoms with E-state index in [9.17, 15) is 4.79 Å². The van der Waals surface area contributed by atoms with Crippen LogP contribution in [0.2, 0.25) is 0 Å². The van der Waals surface area contributed by atoms with E-state index in [2.05, 4.69) is 4.98 Å². The minimum absolute atomic E-state index is 0.208. The Hall–Kier alpha value is -2.30. The van der Waals surface area contributed by atoms with Gasteiger partial charge < -0.3 is 14.1 Å². The van der Waals surface area contributed by atoms with Crippen molar-refractivity contribution in [1.82, 2.24) is 4.98 Å². The van der Waals surface area contributed by atoms with Crippen LogP contribution in [0.1, 0.15) is 17.4 Å². The zero-order chi connectivity index (χ0) is 13.8. The molecule has 0 fully saturated rings. The van der Waals surface area contributed by atoms with Gasteiger partial charge in [0.05, 0.1) is 6.61 Å². The molecule has 19 heavy (non-hydrogen) atoms. The number of ether oxygens (including phenoxy) is 1. The SMILES string of the molecule is CCOC(=O)c1ncoc1-c1ccc(N(C)C)cc1. The van der Waals surface area contributed by atoms with E-state index in [1.165, 1.54) is 6.39 Å². The molecule has 0 saturated heterocycles. The fourth-order valence-corrected chi connectivity index (χ4v) is 1.71. The van der Waals surface area contributed by atoms with Crippen molar-refractivity contribution < 1.29 is 13.9 Å². The predicted octanol–water partition coefficient (Wildman–Crippen LogP) is 2.58. The van der Waals surface area contributed by atoms with Gasteiger partial charge in [-0.3, -0.25) is 0 Å². The Morgan fingerprint density at radius 1 is 1.32 bits per heavy atom. The minimum atomic E-state index is -0.470. The molecule has 0 atom stereocenters. The van der Waals surface area contributed by atoms with Crippen LogP contribution < -0.4 is 4.90 Å². The first-order chi connectivity index (χ1) is 9.13. The second-order valence-electron chi connectivity index (χ2n) is 4.19. The molecule has 1 aromatic carbocycles. The molecule has 0 radical (unpaired) electrons. The Labute approximate surface area is 111 Å². The van der Waals surface area contributed by atoms with Crippen LogP contribution in [0.25, 0.3) is 11.3 Å². The summed E-state index contributed by atoms with van der Waals surface area (Å²) in [6, 6.07) is 7.68. The highest BCUT2D eigenvalue weighted by atomic mass is 16.5. The molecule has 2 rings (SSSR count). The number of esters is 1. The summed E-state index contributed by atoms with van der Waals surface area (Å²) in [7, 11) is 3.93. The van der Waals surface area contributed by atoms with E-state index < -0.39 is 5.97 Å². The van der Waals surface area contributed by atoms with Gasteiger partial charge in [-0.1, -0.05) is 0 Å². The molecule has 5 heteroatoms. The number of carbonyl (C=O) groups is 1.